The zero-order chi connectivity index (χ0) is 21.1. The van der Waals surface area contributed by atoms with Crippen LogP contribution in [0.25, 0.3) is 0 Å². The third kappa shape index (κ3) is 4.60. The fourth-order valence-electron chi connectivity index (χ4n) is 3.07. The average Bonchev–Trinajstić information content (AvgIpc) is 3.17. The Labute approximate surface area is 174 Å². The number of rotatable bonds is 6. The first-order valence-electron chi connectivity index (χ1n) is 9.55. The van der Waals surface area contributed by atoms with E-state index >= 15 is 0 Å². The minimum Gasteiger partial charge on any atom is -0.454 e. The molecule has 2 aromatic carbocycles. The van der Waals surface area contributed by atoms with Crippen molar-refractivity contribution in [1.29, 1.82) is 0 Å². The van der Waals surface area contributed by atoms with E-state index in [0.29, 0.717) is 23.1 Å². The van der Waals surface area contributed by atoms with Gasteiger partial charge in [-0.3, -0.25) is 4.79 Å². The summed E-state index contributed by atoms with van der Waals surface area (Å²) in [4.78, 5) is 23.1. The molecule has 1 aliphatic rings. The molecule has 8 nitrogen and oxygen atoms in total. The molecule has 0 fully saturated rings. The molecule has 0 spiro atoms. The van der Waals surface area contributed by atoms with Crippen LogP contribution < -0.4 is 25.0 Å². The highest BCUT2D eigenvalue weighted by Crippen LogP contribution is 2.32. The summed E-state index contributed by atoms with van der Waals surface area (Å²) in [6.45, 7) is 2.08. The topological polar surface area (TPSA) is 88.6 Å². The van der Waals surface area contributed by atoms with Crippen molar-refractivity contribution in [1.82, 2.24) is 9.97 Å². The van der Waals surface area contributed by atoms with Crippen LogP contribution in [0.5, 0.6) is 11.5 Å². The first-order valence-corrected chi connectivity index (χ1v) is 9.55. The van der Waals surface area contributed by atoms with Gasteiger partial charge >= 0.3 is 0 Å². The number of carbonyl (C=O) groups excluding carboxylic acids is 1. The molecule has 2 heterocycles. The van der Waals surface area contributed by atoms with Crippen molar-refractivity contribution in [3.63, 3.8) is 0 Å². The summed E-state index contributed by atoms with van der Waals surface area (Å²) in [6.07, 6.45) is 0.254. The summed E-state index contributed by atoms with van der Waals surface area (Å²) in [6, 6.07) is 14.9. The SMILES string of the molecule is Cc1nc(Nc2ccc(NC(=O)Cc3ccc4c(c3)OCO4)cc2)cc(N(C)C)n1. The molecule has 0 unspecified atom stereocenters. The number of nitrogens with zero attached hydrogens (tertiary/aromatic N) is 3. The first-order chi connectivity index (χ1) is 14.5. The molecule has 0 radical (unpaired) electrons. The number of aromatic nitrogens is 2. The Morgan fingerprint density at radius 2 is 1.73 bits per heavy atom. The van der Waals surface area contributed by atoms with Gasteiger partial charge in [-0.1, -0.05) is 6.07 Å². The Hall–Kier alpha value is -3.81. The molecule has 0 bridgehead atoms. The summed E-state index contributed by atoms with van der Waals surface area (Å²) >= 11 is 0. The third-order valence-corrected chi connectivity index (χ3v) is 4.53. The molecule has 8 heteroatoms. The summed E-state index contributed by atoms with van der Waals surface area (Å²) in [7, 11) is 3.87. The minimum absolute atomic E-state index is 0.100. The molecule has 30 heavy (non-hydrogen) atoms. The second kappa shape index (κ2) is 8.28. The van der Waals surface area contributed by atoms with Crippen molar-refractivity contribution < 1.29 is 14.3 Å². The van der Waals surface area contributed by atoms with Crippen LogP contribution in [0.1, 0.15) is 11.4 Å². The predicted molar refractivity (Wildman–Crippen MR) is 116 cm³/mol. The smallest absolute Gasteiger partial charge is 0.231 e. The second-order valence-corrected chi connectivity index (χ2v) is 7.17. The number of hydrogen-bond donors (Lipinski definition) is 2. The summed E-state index contributed by atoms with van der Waals surface area (Å²) in [5.74, 6) is 3.52. The molecular formula is C22H23N5O3. The molecule has 1 aliphatic heterocycles. The molecule has 1 aromatic heterocycles. The van der Waals surface area contributed by atoms with E-state index in [9.17, 15) is 4.79 Å². The van der Waals surface area contributed by atoms with Crippen LogP contribution in [0.3, 0.4) is 0 Å². The van der Waals surface area contributed by atoms with E-state index in [1.807, 2.05) is 74.4 Å². The monoisotopic (exact) mass is 405 g/mol. The maximum Gasteiger partial charge on any atom is 0.231 e. The average molecular weight is 405 g/mol. The van der Waals surface area contributed by atoms with E-state index in [-0.39, 0.29) is 19.1 Å². The van der Waals surface area contributed by atoms with Crippen molar-refractivity contribution in [2.45, 2.75) is 13.3 Å². The van der Waals surface area contributed by atoms with Gasteiger partial charge < -0.3 is 25.0 Å². The number of ether oxygens (including phenoxy) is 2. The van der Waals surface area contributed by atoms with Gasteiger partial charge in [0.2, 0.25) is 12.7 Å². The van der Waals surface area contributed by atoms with Gasteiger partial charge in [0, 0.05) is 31.5 Å². The highest BCUT2D eigenvalue weighted by atomic mass is 16.7. The molecule has 0 atom stereocenters. The largest absolute Gasteiger partial charge is 0.454 e. The van der Waals surface area contributed by atoms with Gasteiger partial charge in [-0.05, 0) is 48.9 Å². The standard InChI is InChI=1S/C22H23N5O3/c1-14-23-20(12-21(24-14)27(2)3)25-16-5-7-17(8-6-16)26-22(28)11-15-4-9-18-19(10-15)30-13-29-18/h4-10,12H,11,13H2,1-3H3,(H,26,28)(H,23,24,25). The maximum absolute atomic E-state index is 12.4. The number of aryl methyl sites for hydroxylation is 1. The van der Waals surface area contributed by atoms with Gasteiger partial charge in [0.25, 0.3) is 0 Å². The zero-order valence-corrected chi connectivity index (χ0v) is 17.1. The van der Waals surface area contributed by atoms with Crippen LogP contribution in [0, 0.1) is 6.92 Å². The van der Waals surface area contributed by atoms with E-state index in [1.54, 1.807) is 0 Å². The minimum atomic E-state index is -0.100. The lowest BCUT2D eigenvalue weighted by Gasteiger charge is -2.14. The second-order valence-electron chi connectivity index (χ2n) is 7.17. The van der Waals surface area contributed by atoms with Crippen molar-refractivity contribution in [3.8, 4) is 11.5 Å². The van der Waals surface area contributed by atoms with E-state index in [1.165, 1.54) is 0 Å². The molecule has 2 N–H and O–H groups in total. The molecule has 0 aliphatic carbocycles. The first kappa shape index (κ1) is 19.5. The number of benzene rings is 2. The van der Waals surface area contributed by atoms with Gasteiger partial charge in [-0.2, -0.15) is 0 Å². The van der Waals surface area contributed by atoms with Crippen molar-refractivity contribution in [3.05, 3.63) is 59.9 Å². The quantitative estimate of drug-likeness (QED) is 0.649. The molecule has 0 saturated heterocycles. The van der Waals surface area contributed by atoms with Crippen molar-refractivity contribution in [2.24, 2.45) is 0 Å². The molecule has 3 aromatic rings. The van der Waals surface area contributed by atoms with Gasteiger partial charge in [-0.15, -0.1) is 0 Å². The number of amides is 1. The fraction of sp³-hybridized carbons (Fsp3) is 0.227. The van der Waals surface area contributed by atoms with Gasteiger partial charge in [0.05, 0.1) is 6.42 Å². The molecule has 4 rings (SSSR count). The Balaban J connectivity index is 1.37. The zero-order valence-electron chi connectivity index (χ0n) is 17.1. The van der Waals surface area contributed by atoms with E-state index in [4.69, 9.17) is 9.47 Å². The van der Waals surface area contributed by atoms with Crippen LogP contribution in [0.4, 0.5) is 23.0 Å². The maximum atomic E-state index is 12.4. The van der Waals surface area contributed by atoms with Gasteiger partial charge in [0.1, 0.15) is 17.5 Å². The van der Waals surface area contributed by atoms with Gasteiger partial charge in [-0.25, -0.2) is 9.97 Å². The number of anilines is 4. The molecule has 0 saturated carbocycles. The van der Waals surface area contributed by atoms with Crippen LogP contribution in [-0.2, 0) is 11.2 Å². The number of carbonyl (C=O) groups is 1. The van der Waals surface area contributed by atoms with E-state index < -0.39 is 0 Å². The number of hydrogen-bond acceptors (Lipinski definition) is 7. The summed E-state index contributed by atoms with van der Waals surface area (Å²) in [5.41, 5.74) is 2.46. The van der Waals surface area contributed by atoms with Crippen LogP contribution in [0.2, 0.25) is 0 Å². The van der Waals surface area contributed by atoms with Crippen LogP contribution in [0.15, 0.2) is 48.5 Å². The Kier molecular flexibility index (Phi) is 5.38. The number of fused-ring (bicyclic) bond motifs is 1. The fourth-order valence-corrected chi connectivity index (χ4v) is 3.07. The highest BCUT2D eigenvalue weighted by molar-refractivity contribution is 5.92. The van der Waals surface area contributed by atoms with Crippen molar-refractivity contribution in [2.75, 3.05) is 36.4 Å². The van der Waals surface area contributed by atoms with Crippen LogP contribution in [-0.4, -0.2) is 36.8 Å². The lowest BCUT2D eigenvalue weighted by atomic mass is 10.1. The normalized spacial score (nSPS) is 11.8. The number of nitrogens with one attached hydrogen (secondary N) is 2. The molecule has 1 amide bonds. The lowest BCUT2D eigenvalue weighted by molar-refractivity contribution is -0.115. The highest BCUT2D eigenvalue weighted by Gasteiger charge is 2.14. The lowest BCUT2D eigenvalue weighted by Crippen LogP contribution is -2.14. The van der Waals surface area contributed by atoms with Crippen LogP contribution >= 0.6 is 0 Å². The third-order valence-electron chi connectivity index (χ3n) is 4.53. The molecule has 154 valence electrons. The van der Waals surface area contributed by atoms with E-state index in [2.05, 4.69) is 20.6 Å². The van der Waals surface area contributed by atoms with Gasteiger partial charge in [0.15, 0.2) is 11.5 Å². The predicted octanol–water partition coefficient (Wildman–Crippen LogP) is 3.50. The summed E-state index contributed by atoms with van der Waals surface area (Å²) in [5, 5.41) is 6.18. The summed E-state index contributed by atoms with van der Waals surface area (Å²) < 4.78 is 10.6. The van der Waals surface area contributed by atoms with Crippen molar-refractivity contribution >= 4 is 28.9 Å². The molecular weight excluding hydrogens is 382 g/mol. The van der Waals surface area contributed by atoms with E-state index in [0.717, 1.165) is 22.8 Å². The Morgan fingerprint density at radius 3 is 2.50 bits per heavy atom. The Morgan fingerprint density at radius 1 is 1.00 bits per heavy atom. The Bertz CT molecular complexity index is 1070.